The average molecular weight is 288 g/mol. The Kier molecular flexibility index (Phi) is 4.22. The number of nitrogens with zero attached hydrogens (tertiary/aromatic N) is 2. The first kappa shape index (κ1) is 14.6. The quantitative estimate of drug-likeness (QED) is 0.797. The highest BCUT2D eigenvalue weighted by atomic mass is 16.4. The number of benzene rings is 1. The highest BCUT2D eigenvalue weighted by molar-refractivity contribution is 5.92. The van der Waals surface area contributed by atoms with E-state index in [2.05, 4.69) is 15.7 Å². The van der Waals surface area contributed by atoms with Gasteiger partial charge in [0.15, 0.2) is 6.04 Å². The number of amides is 2. The van der Waals surface area contributed by atoms with Gasteiger partial charge in [-0.25, -0.2) is 9.59 Å². The molecule has 1 heterocycles. The number of carbonyl (C=O) groups is 2. The van der Waals surface area contributed by atoms with E-state index in [1.54, 1.807) is 25.4 Å². The fourth-order valence-corrected chi connectivity index (χ4v) is 1.81. The van der Waals surface area contributed by atoms with Crippen LogP contribution in [0.4, 0.5) is 10.5 Å². The first-order chi connectivity index (χ1) is 9.95. The van der Waals surface area contributed by atoms with Crippen molar-refractivity contribution < 1.29 is 14.7 Å². The first-order valence-electron chi connectivity index (χ1n) is 6.31. The van der Waals surface area contributed by atoms with Crippen LogP contribution in [0.3, 0.4) is 0 Å². The number of rotatable bonds is 4. The van der Waals surface area contributed by atoms with Gasteiger partial charge in [-0.1, -0.05) is 17.7 Å². The number of carbonyl (C=O) groups excluding carboxylic acids is 1. The number of anilines is 1. The van der Waals surface area contributed by atoms with Gasteiger partial charge in [0.1, 0.15) is 0 Å². The summed E-state index contributed by atoms with van der Waals surface area (Å²) >= 11 is 0. The van der Waals surface area contributed by atoms with E-state index < -0.39 is 18.0 Å². The van der Waals surface area contributed by atoms with E-state index in [1.807, 2.05) is 19.1 Å². The van der Waals surface area contributed by atoms with Gasteiger partial charge in [0, 0.05) is 24.5 Å². The highest BCUT2D eigenvalue weighted by Gasteiger charge is 2.23. The van der Waals surface area contributed by atoms with Crippen LogP contribution in [-0.4, -0.2) is 26.9 Å². The Hall–Kier alpha value is -2.83. The molecule has 7 nitrogen and oxygen atoms in total. The fourth-order valence-electron chi connectivity index (χ4n) is 1.81. The maximum absolute atomic E-state index is 11.9. The smallest absolute Gasteiger partial charge is 0.331 e. The number of aryl methyl sites for hydroxylation is 2. The van der Waals surface area contributed by atoms with Crippen molar-refractivity contribution in [3.8, 4) is 0 Å². The zero-order valence-corrected chi connectivity index (χ0v) is 11.7. The summed E-state index contributed by atoms with van der Waals surface area (Å²) < 4.78 is 1.48. The van der Waals surface area contributed by atoms with Crippen molar-refractivity contribution in [2.45, 2.75) is 13.0 Å². The Bertz CT molecular complexity index is 648. The molecule has 1 aromatic carbocycles. The van der Waals surface area contributed by atoms with Crippen LogP contribution in [0.5, 0.6) is 0 Å². The van der Waals surface area contributed by atoms with Gasteiger partial charge < -0.3 is 15.7 Å². The Morgan fingerprint density at radius 2 is 1.95 bits per heavy atom. The molecule has 0 aliphatic rings. The average Bonchev–Trinajstić information content (AvgIpc) is 2.85. The number of carboxylic acids is 1. The van der Waals surface area contributed by atoms with Gasteiger partial charge in [0.25, 0.3) is 0 Å². The van der Waals surface area contributed by atoms with Crippen LogP contribution in [0, 0.1) is 6.92 Å². The summed E-state index contributed by atoms with van der Waals surface area (Å²) in [5, 5.41) is 18.1. The van der Waals surface area contributed by atoms with Gasteiger partial charge >= 0.3 is 12.0 Å². The van der Waals surface area contributed by atoms with Crippen molar-refractivity contribution in [1.82, 2.24) is 15.1 Å². The topological polar surface area (TPSA) is 96.2 Å². The van der Waals surface area contributed by atoms with E-state index in [9.17, 15) is 14.7 Å². The van der Waals surface area contributed by atoms with Crippen molar-refractivity contribution in [2.75, 3.05) is 5.32 Å². The van der Waals surface area contributed by atoms with E-state index in [4.69, 9.17) is 0 Å². The lowest BCUT2D eigenvalue weighted by atomic mass is 10.1. The van der Waals surface area contributed by atoms with Crippen LogP contribution < -0.4 is 10.6 Å². The second-order valence-corrected chi connectivity index (χ2v) is 4.68. The zero-order valence-electron chi connectivity index (χ0n) is 11.7. The summed E-state index contributed by atoms with van der Waals surface area (Å²) in [6.07, 6.45) is 2.95. The number of hydrogen-bond acceptors (Lipinski definition) is 3. The molecular weight excluding hydrogens is 272 g/mol. The minimum Gasteiger partial charge on any atom is -0.479 e. The molecule has 0 aliphatic carbocycles. The van der Waals surface area contributed by atoms with Crippen molar-refractivity contribution in [2.24, 2.45) is 7.05 Å². The van der Waals surface area contributed by atoms with Crippen LogP contribution >= 0.6 is 0 Å². The third-order valence-electron chi connectivity index (χ3n) is 2.89. The molecule has 1 unspecified atom stereocenters. The first-order valence-corrected chi connectivity index (χ1v) is 6.31. The molecule has 0 aliphatic heterocycles. The molecule has 7 heteroatoms. The van der Waals surface area contributed by atoms with Crippen LogP contribution in [0.15, 0.2) is 36.7 Å². The van der Waals surface area contributed by atoms with Crippen LogP contribution in [0.1, 0.15) is 17.2 Å². The van der Waals surface area contributed by atoms with Gasteiger partial charge in [-0.15, -0.1) is 0 Å². The molecule has 0 saturated carbocycles. The largest absolute Gasteiger partial charge is 0.479 e. The van der Waals surface area contributed by atoms with Crippen molar-refractivity contribution in [1.29, 1.82) is 0 Å². The number of nitrogens with one attached hydrogen (secondary N) is 2. The number of aromatic nitrogens is 2. The Labute approximate surface area is 121 Å². The Balaban J connectivity index is 2.05. The minimum atomic E-state index is -1.15. The molecule has 3 N–H and O–H groups in total. The molecule has 0 fully saturated rings. The van der Waals surface area contributed by atoms with Crippen LogP contribution in [-0.2, 0) is 11.8 Å². The summed E-state index contributed by atoms with van der Waals surface area (Å²) in [5.74, 6) is -1.15. The summed E-state index contributed by atoms with van der Waals surface area (Å²) in [6, 6.07) is 5.46. The molecule has 110 valence electrons. The lowest BCUT2D eigenvalue weighted by Gasteiger charge is -2.13. The number of carboxylic acid groups (broad SMARTS) is 1. The molecule has 1 atom stereocenters. The normalized spacial score (nSPS) is 11.7. The molecule has 2 aromatic rings. The highest BCUT2D eigenvalue weighted by Crippen LogP contribution is 2.13. The molecule has 2 amide bonds. The third kappa shape index (κ3) is 3.82. The van der Waals surface area contributed by atoms with Gasteiger partial charge in [-0.2, -0.15) is 5.10 Å². The SMILES string of the molecule is Cc1ccc(NC(=O)NC(C(=O)O)c2cnn(C)c2)cc1. The van der Waals surface area contributed by atoms with E-state index in [1.165, 1.54) is 10.9 Å². The molecule has 0 bridgehead atoms. The monoisotopic (exact) mass is 288 g/mol. The Morgan fingerprint density at radius 1 is 1.29 bits per heavy atom. The van der Waals surface area contributed by atoms with E-state index in [-0.39, 0.29) is 0 Å². The van der Waals surface area contributed by atoms with Crippen molar-refractivity contribution >= 4 is 17.7 Å². The van der Waals surface area contributed by atoms with E-state index in [0.717, 1.165) is 5.56 Å². The zero-order chi connectivity index (χ0) is 15.4. The number of aliphatic carboxylic acids is 1. The van der Waals surface area contributed by atoms with E-state index in [0.29, 0.717) is 11.3 Å². The minimum absolute atomic E-state index is 0.407. The molecule has 0 saturated heterocycles. The molecule has 21 heavy (non-hydrogen) atoms. The lowest BCUT2D eigenvalue weighted by molar-refractivity contribution is -0.139. The predicted octanol–water partition coefficient (Wildman–Crippen LogP) is 1.68. The molecule has 0 spiro atoms. The summed E-state index contributed by atoms with van der Waals surface area (Å²) in [7, 11) is 1.68. The maximum Gasteiger partial charge on any atom is 0.331 e. The van der Waals surface area contributed by atoms with Crippen LogP contribution in [0.2, 0.25) is 0 Å². The van der Waals surface area contributed by atoms with Gasteiger partial charge in [0.05, 0.1) is 6.20 Å². The second-order valence-electron chi connectivity index (χ2n) is 4.68. The maximum atomic E-state index is 11.9. The lowest BCUT2D eigenvalue weighted by Crippen LogP contribution is -2.36. The van der Waals surface area contributed by atoms with Crippen molar-refractivity contribution in [3.63, 3.8) is 0 Å². The van der Waals surface area contributed by atoms with Gasteiger partial charge in [-0.05, 0) is 19.1 Å². The summed E-state index contributed by atoms with van der Waals surface area (Å²) in [5.41, 5.74) is 2.07. The third-order valence-corrected chi connectivity index (χ3v) is 2.89. The fraction of sp³-hybridized carbons (Fsp3) is 0.214. The Morgan fingerprint density at radius 3 is 2.48 bits per heavy atom. The second kappa shape index (κ2) is 6.08. The number of urea groups is 1. The van der Waals surface area contributed by atoms with Gasteiger partial charge in [-0.3, -0.25) is 4.68 Å². The molecule has 1 aromatic heterocycles. The van der Waals surface area contributed by atoms with Crippen LogP contribution in [0.25, 0.3) is 0 Å². The summed E-state index contributed by atoms with van der Waals surface area (Å²) in [4.78, 5) is 23.1. The molecule has 2 rings (SSSR count). The van der Waals surface area contributed by atoms with Crippen molar-refractivity contribution in [3.05, 3.63) is 47.8 Å². The standard InChI is InChI=1S/C14H16N4O3/c1-9-3-5-11(6-4-9)16-14(21)17-12(13(19)20)10-7-15-18(2)8-10/h3-8,12H,1-2H3,(H,19,20)(H2,16,17,21). The molecule has 0 radical (unpaired) electrons. The van der Waals surface area contributed by atoms with Gasteiger partial charge in [0.2, 0.25) is 0 Å². The number of hydrogen-bond donors (Lipinski definition) is 3. The summed E-state index contributed by atoms with van der Waals surface area (Å²) in [6.45, 7) is 1.94. The molecular formula is C14H16N4O3. The van der Waals surface area contributed by atoms with E-state index >= 15 is 0 Å². The predicted molar refractivity (Wildman–Crippen MR) is 76.9 cm³/mol.